The normalized spacial score (nSPS) is 10.8. The van der Waals surface area contributed by atoms with Gasteiger partial charge in [-0.25, -0.2) is 22.7 Å². The number of carbonyl (C=O) groups is 2. The first-order valence-corrected chi connectivity index (χ1v) is 8.90. The number of sulfonamides is 1. The van der Waals surface area contributed by atoms with Crippen LogP contribution in [-0.4, -0.2) is 27.0 Å². The number of para-hydroxylation sites is 1. The van der Waals surface area contributed by atoms with Crippen molar-refractivity contribution in [2.45, 2.75) is 18.7 Å². The standard InChI is InChI=1S/C17H18N2O5S/c1-12-7-9-14(10-8-12)25(22,23)19-17(21)18-11-16(20)24-15-6-4-3-5-13(15)2/h3-10H,11H2,1-2H3,(H2,18,19,21). The first-order valence-electron chi connectivity index (χ1n) is 7.41. The van der Waals surface area contributed by atoms with E-state index in [2.05, 4.69) is 5.32 Å². The highest BCUT2D eigenvalue weighted by Gasteiger charge is 2.18. The molecule has 2 aromatic rings. The highest BCUT2D eigenvalue weighted by Crippen LogP contribution is 2.16. The Morgan fingerprint density at radius 1 is 1.00 bits per heavy atom. The van der Waals surface area contributed by atoms with Gasteiger partial charge in [0, 0.05) is 0 Å². The molecule has 7 nitrogen and oxygen atoms in total. The Bertz CT molecular complexity index is 876. The maximum atomic E-state index is 12.0. The summed E-state index contributed by atoms with van der Waals surface area (Å²) in [5.74, 6) is -0.334. The number of rotatable bonds is 5. The predicted octanol–water partition coefficient (Wildman–Crippen LogP) is 1.90. The van der Waals surface area contributed by atoms with E-state index in [9.17, 15) is 18.0 Å². The van der Waals surface area contributed by atoms with Crippen LogP contribution in [0.3, 0.4) is 0 Å². The molecule has 0 aromatic heterocycles. The number of nitrogens with one attached hydrogen (secondary N) is 2. The average Bonchev–Trinajstić information content (AvgIpc) is 2.55. The minimum Gasteiger partial charge on any atom is -0.425 e. The predicted molar refractivity (Wildman–Crippen MR) is 91.7 cm³/mol. The smallest absolute Gasteiger partial charge is 0.330 e. The first-order chi connectivity index (χ1) is 11.8. The molecule has 2 N–H and O–H groups in total. The minimum atomic E-state index is -4.00. The van der Waals surface area contributed by atoms with Gasteiger partial charge in [-0.05, 0) is 37.6 Å². The van der Waals surface area contributed by atoms with E-state index in [1.807, 2.05) is 11.6 Å². The van der Waals surface area contributed by atoms with Crippen LogP contribution < -0.4 is 14.8 Å². The van der Waals surface area contributed by atoms with E-state index in [1.54, 1.807) is 43.3 Å². The lowest BCUT2D eigenvalue weighted by Gasteiger charge is -2.10. The molecule has 0 saturated heterocycles. The van der Waals surface area contributed by atoms with Crippen LogP contribution in [0, 0.1) is 13.8 Å². The van der Waals surface area contributed by atoms with E-state index >= 15 is 0 Å². The summed E-state index contributed by atoms with van der Waals surface area (Å²) in [6.07, 6.45) is 0. The molecule has 2 aromatic carbocycles. The monoisotopic (exact) mass is 362 g/mol. The fourth-order valence-corrected chi connectivity index (χ4v) is 2.85. The highest BCUT2D eigenvalue weighted by atomic mass is 32.2. The summed E-state index contributed by atoms with van der Waals surface area (Å²) < 4.78 is 31.0. The fourth-order valence-electron chi connectivity index (χ4n) is 1.92. The molecule has 2 rings (SSSR count). The molecule has 25 heavy (non-hydrogen) atoms. The molecular formula is C17H18N2O5S. The van der Waals surface area contributed by atoms with E-state index in [-0.39, 0.29) is 4.90 Å². The van der Waals surface area contributed by atoms with Gasteiger partial charge in [0.15, 0.2) is 0 Å². The van der Waals surface area contributed by atoms with Crippen molar-refractivity contribution in [3.8, 4) is 5.75 Å². The second-order valence-corrected chi connectivity index (χ2v) is 7.02. The Morgan fingerprint density at radius 3 is 2.28 bits per heavy atom. The van der Waals surface area contributed by atoms with Crippen LogP contribution in [0.1, 0.15) is 11.1 Å². The maximum Gasteiger partial charge on any atom is 0.330 e. The zero-order valence-corrected chi connectivity index (χ0v) is 14.6. The summed E-state index contributed by atoms with van der Waals surface area (Å²) in [6.45, 7) is 3.12. The van der Waals surface area contributed by atoms with Gasteiger partial charge >= 0.3 is 12.0 Å². The van der Waals surface area contributed by atoms with Crippen molar-refractivity contribution in [3.63, 3.8) is 0 Å². The third-order valence-electron chi connectivity index (χ3n) is 3.27. The lowest BCUT2D eigenvalue weighted by molar-refractivity contribution is -0.133. The van der Waals surface area contributed by atoms with Crippen molar-refractivity contribution in [1.82, 2.24) is 10.0 Å². The van der Waals surface area contributed by atoms with Crippen molar-refractivity contribution in [3.05, 3.63) is 59.7 Å². The minimum absolute atomic E-state index is 0.0456. The molecule has 2 amide bonds. The Hall–Kier alpha value is -2.87. The molecule has 0 aliphatic carbocycles. The van der Waals surface area contributed by atoms with Crippen LogP contribution in [0.2, 0.25) is 0 Å². The molecule has 0 aliphatic rings. The maximum absolute atomic E-state index is 12.0. The van der Waals surface area contributed by atoms with Crippen molar-refractivity contribution in [1.29, 1.82) is 0 Å². The van der Waals surface area contributed by atoms with E-state index in [0.717, 1.165) is 11.1 Å². The van der Waals surface area contributed by atoms with Gasteiger partial charge in [0.1, 0.15) is 12.3 Å². The lowest BCUT2D eigenvalue weighted by atomic mass is 10.2. The summed E-state index contributed by atoms with van der Waals surface area (Å²) >= 11 is 0. The van der Waals surface area contributed by atoms with Gasteiger partial charge in [-0.15, -0.1) is 0 Å². The fraction of sp³-hybridized carbons (Fsp3) is 0.176. The summed E-state index contributed by atoms with van der Waals surface area (Å²) in [7, 11) is -4.00. The van der Waals surface area contributed by atoms with Crippen molar-refractivity contribution >= 4 is 22.0 Å². The summed E-state index contributed by atoms with van der Waals surface area (Å²) in [6, 6.07) is 11.9. The van der Waals surface area contributed by atoms with Gasteiger partial charge in [-0.3, -0.25) is 0 Å². The largest absolute Gasteiger partial charge is 0.425 e. The number of urea groups is 1. The summed E-state index contributed by atoms with van der Waals surface area (Å²) in [5.41, 5.74) is 1.66. The molecule has 0 aliphatic heterocycles. The number of ether oxygens (including phenoxy) is 1. The molecule has 0 radical (unpaired) electrons. The third-order valence-corrected chi connectivity index (χ3v) is 4.62. The topological polar surface area (TPSA) is 102 Å². The van der Waals surface area contributed by atoms with Crippen LogP contribution in [0.5, 0.6) is 5.75 Å². The molecule has 132 valence electrons. The third kappa shape index (κ3) is 5.32. The highest BCUT2D eigenvalue weighted by molar-refractivity contribution is 7.90. The Labute approximate surface area is 146 Å². The zero-order valence-electron chi connectivity index (χ0n) is 13.8. The van der Waals surface area contributed by atoms with E-state index in [0.29, 0.717) is 5.75 Å². The van der Waals surface area contributed by atoms with Crippen LogP contribution >= 0.6 is 0 Å². The number of amides is 2. The van der Waals surface area contributed by atoms with E-state index in [4.69, 9.17) is 4.74 Å². The van der Waals surface area contributed by atoms with Crippen LogP contribution in [0.25, 0.3) is 0 Å². The van der Waals surface area contributed by atoms with Crippen LogP contribution in [0.4, 0.5) is 4.79 Å². The number of benzene rings is 2. The van der Waals surface area contributed by atoms with Gasteiger partial charge in [0.05, 0.1) is 4.90 Å². The summed E-state index contributed by atoms with van der Waals surface area (Å²) in [5, 5.41) is 2.16. The number of esters is 1. The molecule has 0 bridgehead atoms. The lowest BCUT2D eigenvalue weighted by Crippen LogP contribution is -2.42. The number of carbonyl (C=O) groups excluding carboxylic acids is 2. The van der Waals surface area contributed by atoms with Gasteiger partial charge in [0.2, 0.25) is 0 Å². The molecule has 0 heterocycles. The van der Waals surface area contributed by atoms with Crippen molar-refractivity contribution < 1.29 is 22.7 Å². The molecule has 0 unspecified atom stereocenters. The molecule has 0 atom stereocenters. The molecule has 0 spiro atoms. The zero-order chi connectivity index (χ0) is 18.4. The quantitative estimate of drug-likeness (QED) is 0.625. The second-order valence-electron chi connectivity index (χ2n) is 5.34. The second kappa shape index (κ2) is 7.80. The van der Waals surface area contributed by atoms with E-state index < -0.39 is 28.6 Å². The Kier molecular flexibility index (Phi) is 5.76. The number of aryl methyl sites for hydroxylation is 2. The Morgan fingerprint density at radius 2 is 1.64 bits per heavy atom. The number of hydrogen-bond donors (Lipinski definition) is 2. The molecule has 8 heteroatoms. The van der Waals surface area contributed by atoms with Crippen LogP contribution in [0.15, 0.2) is 53.4 Å². The SMILES string of the molecule is Cc1ccc(S(=O)(=O)NC(=O)NCC(=O)Oc2ccccc2C)cc1. The van der Waals surface area contributed by atoms with Crippen molar-refractivity contribution in [2.75, 3.05) is 6.54 Å². The van der Waals surface area contributed by atoms with Crippen molar-refractivity contribution in [2.24, 2.45) is 0 Å². The van der Waals surface area contributed by atoms with Gasteiger partial charge in [0.25, 0.3) is 10.0 Å². The van der Waals surface area contributed by atoms with E-state index in [1.165, 1.54) is 12.1 Å². The molecule has 0 saturated carbocycles. The number of hydrogen-bond acceptors (Lipinski definition) is 5. The van der Waals surface area contributed by atoms with Gasteiger partial charge < -0.3 is 10.1 Å². The molecular weight excluding hydrogens is 344 g/mol. The summed E-state index contributed by atoms with van der Waals surface area (Å²) in [4.78, 5) is 23.4. The average molecular weight is 362 g/mol. The Balaban J connectivity index is 1.89. The van der Waals surface area contributed by atoms with Crippen LogP contribution in [-0.2, 0) is 14.8 Å². The van der Waals surface area contributed by atoms with Gasteiger partial charge in [-0.1, -0.05) is 35.9 Å². The van der Waals surface area contributed by atoms with Gasteiger partial charge in [-0.2, -0.15) is 0 Å². The molecule has 0 fully saturated rings. The first kappa shape index (κ1) is 18.5.